The van der Waals surface area contributed by atoms with Gasteiger partial charge in [0, 0.05) is 6.92 Å². The molecule has 1 aromatic carbocycles. The van der Waals surface area contributed by atoms with Gasteiger partial charge in [-0.15, -0.1) is 11.6 Å². The molecule has 0 fully saturated rings. The van der Waals surface area contributed by atoms with Gasteiger partial charge in [0.05, 0.1) is 18.4 Å². The van der Waals surface area contributed by atoms with E-state index in [0.717, 1.165) is 5.56 Å². The van der Waals surface area contributed by atoms with E-state index in [-0.39, 0.29) is 0 Å². The van der Waals surface area contributed by atoms with Gasteiger partial charge in [0.1, 0.15) is 5.75 Å². The molecule has 0 aliphatic carbocycles. The van der Waals surface area contributed by atoms with Crippen LogP contribution in [-0.4, -0.2) is 19.0 Å². The number of alkyl halides is 1. The molecule has 1 rings (SSSR count). The van der Waals surface area contributed by atoms with Crippen LogP contribution >= 0.6 is 11.6 Å². The summed E-state index contributed by atoms with van der Waals surface area (Å²) in [7, 11) is 1.57. The Morgan fingerprint density at radius 3 is 2.22 bits per heavy atom. The number of carbonyl (C=O) groups is 2. The highest BCUT2D eigenvalue weighted by Gasteiger charge is 2.26. The van der Waals surface area contributed by atoms with Crippen molar-refractivity contribution in [1.82, 2.24) is 0 Å². The molecule has 0 bridgehead atoms. The fourth-order valence-electron chi connectivity index (χ4n) is 1.43. The summed E-state index contributed by atoms with van der Waals surface area (Å²) in [6.45, 7) is 2.80. The predicted octanol–water partition coefficient (Wildman–Crippen LogP) is 2.70. The molecule has 0 spiro atoms. The number of halogens is 1. The number of carbonyl (C=O) groups excluding carboxylic acids is 2. The second kappa shape index (κ2) is 6.40. The molecule has 4 nitrogen and oxygen atoms in total. The minimum Gasteiger partial charge on any atom is -0.497 e. The first kappa shape index (κ1) is 14.5. The van der Waals surface area contributed by atoms with E-state index in [0.29, 0.717) is 5.75 Å². The fraction of sp³-hybridized carbons (Fsp3) is 0.385. The van der Waals surface area contributed by atoms with E-state index in [2.05, 4.69) is 4.74 Å². The molecular formula is C13H15ClO4. The third-order valence-corrected chi connectivity index (χ3v) is 3.12. The highest BCUT2D eigenvalue weighted by atomic mass is 35.5. The van der Waals surface area contributed by atoms with Gasteiger partial charge in [-0.2, -0.15) is 0 Å². The van der Waals surface area contributed by atoms with Crippen molar-refractivity contribution >= 4 is 23.5 Å². The molecule has 18 heavy (non-hydrogen) atoms. The molecule has 2 atom stereocenters. The van der Waals surface area contributed by atoms with Gasteiger partial charge < -0.3 is 9.47 Å². The number of ether oxygens (including phenoxy) is 2. The number of methoxy groups -OCH3 is 1. The molecule has 0 aromatic heterocycles. The lowest BCUT2D eigenvalue weighted by Crippen LogP contribution is -2.21. The number of rotatable bonds is 4. The maximum absolute atomic E-state index is 11.5. The van der Waals surface area contributed by atoms with Crippen LogP contribution in [0.4, 0.5) is 0 Å². The van der Waals surface area contributed by atoms with Crippen LogP contribution in [0.1, 0.15) is 24.8 Å². The van der Waals surface area contributed by atoms with Gasteiger partial charge in [0.25, 0.3) is 0 Å². The monoisotopic (exact) mass is 270 g/mol. The number of esters is 2. The maximum Gasteiger partial charge on any atom is 0.318 e. The zero-order valence-corrected chi connectivity index (χ0v) is 11.2. The summed E-state index contributed by atoms with van der Waals surface area (Å²) in [5.41, 5.74) is 0.769. The standard InChI is InChI=1S/C13H15ClO4/c1-8(13(16)18-9(2)15)12(14)10-4-6-11(17-3)7-5-10/h4-8,12H,1-3H3. The average Bonchev–Trinajstić information content (AvgIpc) is 2.36. The first-order valence-electron chi connectivity index (χ1n) is 5.46. The van der Waals surface area contributed by atoms with Crippen LogP contribution in [0.15, 0.2) is 24.3 Å². The number of hydrogen-bond donors (Lipinski definition) is 0. The van der Waals surface area contributed by atoms with E-state index >= 15 is 0 Å². The SMILES string of the molecule is COc1ccc(C(Cl)C(C)C(=O)OC(C)=O)cc1. The minimum absolute atomic E-state index is 0.553. The molecule has 0 saturated carbocycles. The van der Waals surface area contributed by atoms with Gasteiger partial charge in [-0.3, -0.25) is 9.59 Å². The van der Waals surface area contributed by atoms with E-state index in [4.69, 9.17) is 16.3 Å². The molecule has 5 heteroatoms. The molecular weight excluding hydrogens is 256 g/mol. The van der Waals surface area contributed by atoms with Gasteiger partial charge in [0.15, 0.2) is 0 Å². The number of hydrogen-bond acceptors (Lipinski definition) is 4. The first-order chi connectivity index (χ1) is 8.45. The van der Waals surface area contributed by atoms with Crippen LogP contribution in [0.2, 0.25) is 0 Å². The van der Waals surface area contributed by atoms with Gasteiger partial charge >= 0.3 is 11.9 Å². The van der Waals surface area contributed by atoms with E-state index in [1.54, 1.807) is 38.3 Å². The normalized spacial score (nSPS) is 13.6. The Morgan fingerprint density at radius 1 is 1.22 bits per heavy atom. The fourth-order valence-corrected chi connectivity index (χ4v) is 1.68. The summed E-state index contributed by atoms with van der Waals surface area (Å²) in [6.07, 6.45) is 0. The summed E-state index contributed by atoms with van der Waals surface area (Å²) in [5.74, 6) is -1.16. The summed E-state index contributed by atoms with van der Waals surface area (Å²) in [5, 5.41) is -0.553. The van der Waals surface area contributed by atoms with E-state index in [1.165, 1.54) is 6.92 Å². The molecule has 0 N–H and O–H groups in total. The largest absolute Gasteiger partial charge is 0.497 e. The molecule has 0 radical (unpaired) electrons. The quantitative estimate of drug-likeness (QED) is 0.480. The van der Waals surface area contributed by atoms with Crippen LogP contribution < -0.4 is 4.74 Å². The Kier molecular flexibility index (Phi) is 5.16. The second-order valence-corrected chi connectivity index (χ2v) is 4.35. The van der Waals surface area contributed by atoms with Crippen LogP contribution in [0, 0.1) is 5.92 Å². The zero-order valence-electron chi connectivity index (χ0n) is 10.5. The number of benzene rings is 1. The Labute approximate surface area is 111 Å². The highest BCUT2D eigenvalue weighted by Crippen LogP contribution is 2.30. The third-order valence-electron chi connectivity index (χ3n) is 2.49. The van der Waals surface area contributed by atoms with E-state index in [1.807, 2.05) is 0 Å². The van der Waals surface area contributed by atoms with Crippen molar-refractivity contribution in [2.45, 2.75) is 19.2 Å². The lowest BCUT2D eigenvalue weighted by Gasteiger charge is -2.16. The maximum atomic E-state index is 11.5. The molecule has 1 aromatic rings. The minimum atomic E-state index is -0.634. The first-order valence-corrected chi connectivity index (χ1v) is 5.89. The third kappa shape index (κ3) is 3.74. The lowest BCUT2D eigenvalue weighted by molar-refractivity contribution is -0.160. The molecule has 0 aliphatic heterocycles. The summed E-state index contributed by atoms with van der Waals surface area (Å²) in [6, 6.07) is 7.06. The Morgan fingerprint density at radius 2 is 1.78 bits per heavy atom. The second-order valence-electron chi connectivity index (χ2n) is 3.88. The van der Waals surface area contributed by atoms with Crippen LogP contribution in [0.5, 0.6) is 5.75 Å². The molecule has 0 saturated heterocycles. The zero-order chi connectivity index (χ0) is 13.7. The van der Waals surface area contributed by atoms with Crippen molar-refractivity contribution in [2.75, 3.05) is 7.11 Å². The molecule has 0 aliphatic rings. The molecule has 98 valence electrons. The van der Waals surface area contributed by atoms with Crippen LogP contribution in [-0.2, 0) is 14.3 Å². The Bertz CT molecular complexity index is 427. The van der Waals surface area contributed by atoms with Gasteiger partial charge in [0.2, 0.25) is 0 Å². The average molecular weight is 271 g/mol. The Balaban J connectivity index is 2.75. The Hall–Kier alpha value is -1.55. The molecule has 2 unspecified atom stereocenters. The molecule has 0 heterocycles. The van der Waals surface area contributed by atoms with Crippen LogP contribution in [0.3, 0.4) is 0 Å². The van der Waals surface area contributed by atoms with Crippen molar-refractivity contribution in [3.8, 4) is 5.75 Å². The highest BCUT2D eigenvalue weighted by molar-refractivity contribution is 6.22. The van der Waals surface area contributed by atoms with Crippen molar-refractivity contribution in [3.05, 3.63) is 29.8 Å². The summed E-state index contributed by atoms with van der Waals surface area (Å²) < 4.78 is 9.54. The van der Waals surface area contributed by atoms with Crippen molar-refractivity contribution in [1.29, 1.82) is 0 Å². The molecule has 0 amide bonds. The van der Waals surface area contributed by atoms with Crippen molar-refractivity contribution < 1.29 is 19.1 Å². The van der Waals surface area contributed by atoms with Crippen LogP contribution in [0.25, 0.3) is 0 Å². The van der Waals surface area contributed by atoms with Crippen molar-refractivity contribution in [2.24, 2.45) is 5.92 Å². The smallest absolute Gasteiger partial charge is 0.318 e. The van der Waals surface area contributed by atoms with E-state index < -0.39 is 23.2 Å². The lowest BCUT2D eigenvalue weighted by atomic mass is 10.0. The topological polar surface area (TPSA) is 52.6 Å². The summed E-state index contributed by atoms with van der Waals surface area (Å²) in [4.78, 5) is 22.2. The van der Waals surface area contributed by atoms with Gasteiger partial charge in [-0.25, -0.2) is 0 Å². The van der Waals surface area contributed by atoms with Gasteiger partial charge in [-0.1, -0.05) is 19.1 Å². The predicted molar refractivity (Wildman–Crippen MR) is 67.5 cm³/mol. The van der Waals surface area contributed by atoms with Gasteiger partial charge in [-0.05, 0) is 17.7 Å². The van der Waals surface area contributed by atoms with E-state index in [9.17, 15) is 9.59 Å². The summed E-state index contributed by atoms with van der Waals surface area (Å²) >= 11 is 6.18. The van der Waals surface area contributed by atoms with Crippen molar-refractivity contribution in [3.63, 3.8) is 0 Å².